The monoisotopic (exact) mass is 308 g/mol. The van der Waals surface area contributed by atoms with Gasteiger partial charge in [0.1, 0.15) is 0 Å². The molecular weight excluding hydrogens is 288 g/mol. The molecular formula is C18H20N4O. The normalized spacial score (nSPS) is 9.78. The number of rotatable bonds is 6. The lowest BCUT2D eigenvalue weighted by Gasteiger charge is -2.13. The number of hydrogen-bond acceptors (Lipinski definition) is 4. The standard InChI is InChI=1S/C18H20N4O/c1-22(2)17-9-7-16(8-10-17)21-18(23)11-12-20-15-5-3-14(13-19)4-6-15/h3-10,20H,11-12H2,1-2H3,(H,21,23). The molecule has 0 unspecified atom stereocenters. The van der Waals surface area contributed by atoms with E-state index in [-0.39, 0.29) is 5.91 Å². The van der Waals surface area contributed by atoms with E-state index in [1.54, 1.807) is 12.1 Å². The lowest BCUT2D eigenvalue weighted by Crippen LogP contribution is -2.16. The summed E-state index contributed by atoms with van der Waals surface area (Å²) < 4.78 is 0. The number of nitrogens with zero attached hydrogens (tertiary/aromatic N) is 2. The first-order chi connectivity index (χ1) is 11.1. The Labute approximate surface area is 136 Å². The van der Waals surface area contributed by atoms with Crippen LogP contribution in [0.25, 0.3) is 0 Å². The molecule has 2 N–H and O–H groups in total. The number of benzene rings is 2. The van der Waals surface area contributed by atoms with Gasteiger partial charge >= 0.3 is 0 Å². The Morgan fingerprint density at radius 3 is 2.22 bits per heavy atom. The molecule has 0 saturated heterocycles. The van der Waals surface area contributed by atoms with Gasteiger partial charge in [-0.05, 0) is 48.5 Å². The van der Waals surface area contributed by atoms with Gasteiger partial charge in [0.25, 0.3) is 0 Å². The Kier molecular flexibility index (Phi) is 5.59. The molecule has 0 heterocycles. The fourth-order valence-electron chi connectivity index (χ4n) is 2.05. The summed E-state index contributed by atoms with van der Waals surface area (Å²) in [5.74, 6) is -0.0382. The van der Waals surface area contributed by atoms with Crippen LogP contribution in [0, 0.1) is 11.3 Å². The summed E-state index contributed by atoms with van der Waals surface area (Å²) >= 11 is 0. The maximum Gasteiger partial charge on any atom is 0.226 e. The summed E-state index contributed by atoms with van der Waals surface area (Å²) in [7, 11) is 3.95. The zero-order valence-electron chi connectivity index (χ0n) is 13.3. The third kappa shape index (κ3) is 5.04. The van der Waals surface area contributed by atoms with Gasteiger partial charge in [-0.25, -0.2) is 0 Å². The smallest absolute Gasteiger partial charge is 0.226 e. The highest BCUT2D eigenvalue weighted by Gasteiger charge is 2.03. The average molecular weight is 308 g/mol. The lowest BCUT2D eigenvalue weighted by atomic mass is 10.2. The Hall–Kier alpha value is -3.00. The van der Waals surface area contributed by atoms with Crippen molar-refractivity contribution in [1.82, 2.24) is 0 Å². The van der Waals surface area contributed by atoms with Gasteiger partial charge in [0.2, 0.25) is 5.91 Å². The molecule has 5 nitrogen and oxygen atoms in total. The van der Waals surface area contributed by atoms with Crippen LogP contribution < -0.4 is 15.5 Å². The largest absolute Gasteiger partial charge is 0.385 e. The number of carbonyl (C=O) groups is 1. The van der Waals surface area contributed by atoms with E-state index in [0.717, 1.165) is 17.1 Å². The maximum absolute atomic E-state index is 11.9. The van der Waals surface area contributed by atoms with Gasteiger partial charge < -0.3 is 15.5 Å². The Morgan fingerprint density at radius 2 is 1.65 bits per heavy atom. The van der Waals surface area contributed by atoms with E-state index in [0.29, 0.717) is 18.5 Å². The molecule has 0 saturated carbocycles. The first kappa shape index (κ1) is 16.4. The van der Waals surface area contributed by atoms with Crippen LogP contribution in [-0.2, 0) is 4.79 Å². The molecule has 118 valence electrons. The van der Waals surface area contributed by atoms with Crippen molar-refractivity contribution in [2.45, 2.75) is 6.42 Å². The Bertz CT molecular complexity index is 684. The molecule has 1 amide bonds. The molecule has 2 aromatic carbocycles. The SMILES string of the molecule is CN(C)c1ccc(NC(=O)CCNc2ccc(C#N)cc2)cc1. The van der Waals surface area contributed by atoms with Crippen LogP contribution in [0.15, 0.2) is 48.5 Å². The molecule has 0 aliphatic heterocycles. The maximum atomic E-state index is 11.9. The number of nitriles is 1. The van der Waals surface area contributed by atoms with Crippen LogP contribution in [-0.4, -0.2) is 26.5 Å². The van der Waals surface area contributed by atoms with Crippen LogP contribution in [0.2, 0.25) is 0 Å². The van der Waals surface area contributed by atoms with Gasteiger partial charge in [-0.3, -0.25) is 4.79 Å². The predicted octanol–water partition coefficient (Wildman–Crippen LogP) is 3.06. The van der Waals surface area contributed by atoms with Crippen molar-refractivity contribution < 1.29 is 4.79 Å². The molecule has 0 bridgehead atoms. The van der Waals surface area contributed by atoms with Crippen molar-refractivity contribution in [2.75, 3.05) is 36.2 Å². The quantitative estimate of drug-likeness (QED) is 0.860. The second-order valence-corrected chi connectivity index (χ2v) is 5.36. The highest BCUT2D eigenvalue weighted by Crippen LogP contribution is 2.15. The minimum atomic E-state index is -0.0382. The molecule has 0 spiro atoms. The summed E-state index contributed by atoms with van der Waals surface area (Å²) in [6.07, 6.45) is 0.370. The molecule has 0 aliphatic rings. The summed E-state index contributed by atoms with van der Waals surface area (Å²) in [5, 5.41) is 14.8. The van der Waals surface area contributed by atoms with Crippen molar-refractivity contribution in [3.8, 4) is 6.07 Å². The van der Waals surface area contributed by atoms with E-state index in [2.05, 4.69) is 16.7 Å². The summed E-state index contributed by atoms with van der Waals surface area (Å²) in [6, 6.07) is 16.9. The van der Waals surface area contributed by atoms with E-state index in [1.165, 1.54) is 0 Å². The molecule has 0 radical (unpaired) electrons. The number of hydrogen-bond donors (Lipinski definition) is 2. The molecule has 2 rings (SSSR count). The van der Waals surface area contributed by atoms with E-state index in [4.69, 9.17) is 5.26 Å². The lowest BCUT2D eigenvalue weighted by molar-refractivity contribution is -0.115. The number of carbonyl (C=O) groups excluding carboxylic acids is 1. The van der Waals surface area contributed by atoms with Crippen LogP contribution in [0.3, 0.4) is 0 Å². The molecule has 5 heteroatoms. The van der Waals surface area contributed by atoms with Crippen molar-refractivity contribution in [3.63, 3.8) is 0 Å². The topological polar surface area (TPSA) is 68.2 Å². The average Bonchev–Trinajstić information content (AvgIpc) is 2.56. The van der Waals surface area contributed by atoms with Gasteiger partial charge in [-0.15, -0.1) is 0 Å². The third-order valence-corrected chi connectivity index (χ3v) is 3.36. The first-order valence-corrected chi connectivity index (χ1v) is 7.40. The van der Waals surface area contributed by atoms with E-state index < -0.39 is 0 Å². The zero-order chi connectivity index (χ0) is 16.7. The fraction of sp³-hybridized carbons (Fsp3) is 0.222. The summed E-state index contributed by atoms with van der Waals surface area (Å²) in [6.45, 7) is 0.535. The summed E-state index contributed by atoms with van der Waals surface area (Å²) in [5.41, 5.74) is 3.39. The van der Waals surface area contributed by atoms with Crippen molar-refractivity contribution in [2.24, 2.45) is 0 Å². The first-order valence-electron chi connectivity index (χ1n) is 7.40. The molecule has 0 fully saturated rings. The van der Waals surface area contributed by atoms with Gasteiger partial charge in [0.15, 0.2) is 0 Å². The molecule has 2 aromatic rings. The fourth-order valence-corrected chi connectivity index (χ4v) is 2.05. The van der Waals surface area contributed by atoms with Gasteiger partial charge in [0.05, 0.1) is 11.6 Å². The van der Waals surface area contributed by atoms with Crippen LogP contribution >= 0.6 is 0 Å². The van der Waals surface area contributed by atoms with Crippen molar-refractivity contribution >= 4 is 23.0 Å². The number of anilines is 3. The minimum Gasteiger partial charge on any atom is -0.385 e. The number of nitrogens with one attached hydrogen (secondary N) is 2. The second-order valence-electron chi connectivity index (χ2n) is 5.36. The van der Waals surface area contributed by atoms with Crippen LogP contribution in [0.1, 0.15) is 12.0 Å². The third-order valence-electron chi connectivity index (χ3n) is 3.36. The van der Waals surface area contributed by atoms with Gasteiger partial charge in [0, 0.05) is 44.1 Å². The zero-order valence-corrected chi connectivity index (χ0v) is 13.3. The predicted molar refractivity (Wildman–Crippen MR) is 93.7 cm³/mol. The van der Waals surface area contributed by atoms with Crippen LogP contribution in [0.4, 0.5) is 17.1 Å². The van der Waals surface area contributed by atoms with Gasteiger partial charge in [-0.1, -0.05) is 0 Å². The highest BCUT2D eigenvalue weighted by molar-refractivity contribution is 5.91. The molecule has 23 heavy (non-hydrogen) atoms. The van der Waals surface area contributed by atoms with Crippen molar-refractivity contribution in [3.05, 3.63) is 54.1 Å². The van der Waals surface area contributed by atoms with E-state index >= 15 is 0 Å². The second kappa shape index (κ2) is 7.85. The van der Waals surface area contributed by atoms with Gasteiger partial charge in [-0.2, -0.15) is 5.26 Å². The minimum absolute atomic E-state index is 0.0382. The highest BCUT2D eigenvalue weighted by atomic mass is 16.1. The Balaban J connectivity index is 1.77. The van der Waals surface area contributed by atoms with Crippen molar-refractivity contribution in [1.29, 1.82) is 5.26 Å². The molecule has 0 aromatic heterocycles. The van der Waals surface area contributed by atoms with Crippen LogP contribution in [0.5, 0.6) is 0 Å². The molecule has 0 atom stereocenters. The molecule has 0 aliphatic carbocycles. The number of amides is 1. The Morgan fingerprint density at radius 1 is 1.04 bits per heavy atom. The summed E-state index contributed by atoms with van der Waals surface area (Å²) in [4.78, 5) is 13.9. The van der Waals surface area contributed by atoms with E-state index in [9.17, 15) is 4.79 Å². The van der Waals surface area contributed by atoms with E-state index in [1.807, 2.05) is 55.4 Å².